The van der Waals surface area contributed by atoms with Crippen molar-refractivity contribution < 1.29 is 0 Å². The van der Waals surface area contributed by atoms with Crippen LogP contribution in [-0.2, 0) is 0 Å². The highest BCUT2D eigenvalue weighted by Gasteiger charge is 2.21. The monoisotopic (exact) mass is 343 g/mol. The molecule has 1 aromatic carbocycles. The fourth-order valence-corrected chi connectivity index (χ4v) is 2.96. The molecule has 0 radical (unpaired) electrons. The first kappa shape index (κ1) is 21.2. The molecule has 1 atom stereocenters. The summed E-state index contributed by atoms with van der Waals surface area (Å²) in [6.45, 7) is 6.60. The van der Waals surface area contributed by atoms with Gasteiger partial charge in [-0.3, -0.25) is 4.90 Å². The van der Waals surface area contributed by atoms with Gasteiger partial charge >= 0.3 is 0 Å². The molecule has 0 aliphatic carbocycles. The Kier molecular flexibility index (Phi) is 11.3. The number of hydrogen-bond acceptors (Lipinski definition) is 3. The molecule has 22 heavy (non-hydrogen) atoms. The normalized spacial score (nSPS) is 16.0. The van der Waals surface area contributed by atoms with Gasteiger partial charge in [0, 0.05) is 32.2 Å². The maximum absolute atomic E-state index is 9.09. The maximum atomic E-state index is 9.09. The van der Waals surface area contributed by atoms with Gasteiger partial charge in [-0.15, -0.1) is 24.8 Å². The van der Waals surface area contributed by atoms with E-state index in [-0.39, 0.29) is 24.8 Å². The fraction of sp³-hybridized carbons (Fsp3) is 0.588. The lowest BCUT2D eigenvalue weighted by Crippen LogP contribution is -2.45. The highest BCUT2D eigenvalue weighted by Crippen LogP contribution is 2.27. The molecule has 0 amide bonds. The van der Waals surface area contributed by atoms with E-state index in [2.05, 4.69) is 35.3 Å². The van der Waals surface area contributed by atoms with Gasteiger partial charge in [-0.05, 0) is 24.1 Å². The number of benzene rings is 1. The van der Waals surface area contributed by atoms with E-state index < -0.39 is 0 Å². The second kappa shape index (κ2) is 11.7. The Balaban J connectivity index is 0.00000220. The van der Waals surface area contributed by atoms with Crippen LogP contribution < -0.4 is 5.32 Å². The Morgan fingerprint density at radius 2 is 1.95 bits per heavy atom. The molecule has 124 valence electrons. The van der Waals surface area contributed by atoms with Crippen molar-refractivity contribution in [1.29, 1.82) is 5.26 Å². The number of nitrogens with zero attached hydrogens (tertiary/aromatic N) is 2. The van der Waals surface area contributed by atoms with Crippen molar-refractivity contribution in [2.24, 2.45) is 0 Å². The molecule has 0 saturated carbocycles. The van der Waals surface area contributed by atoms with Crippen LogP contribution in [0, 0.1) is 11.3 Å². The maximum Gasteiger partial charge on any atom is 0.0991 e. The van der Waals surface area contributed by atoms with Gasteiger partial charge in [0.15, 0.2) is 0 Å². The van der Waals surface area contributed by atoms with Crippen molar-refractivity contribution in [2.75, 3.05) is 26.2 Å². The number of unbranched alkanes of at least 4 members (excludes halogenated alkanes) is 2. The number of halogens is 2. The van der Waals surface area contributed by atoms with Crippen LogP contribution in [0.25, 0.3) is 0 Å². The Labute approximate surface area is 146 Å². The predicted octanol–water partition coefficient (Wildman–Crippen LogP) is 3.93. The second-order valence-electron chi connectivity index (χ2n) is 5.53. The Morgan fingerprint density at radius 1 is 1.23 bits per heavy atom. The third-order valence-electron chi connectivity index (χ3n) is 4.07. The van der Waals surface area contributed by atoms with Crippen LogP contribution in [-0.4, -0.2) is 31.1 Å². The molecule has 0 unspecified atom stereocenters. The molecule has 2 rings (SSSR count). The minimum Gasteiger partial charge on any atom is -0.314 e. The second-order valence-corrected chi connectivity index (χ2v) is 5.53. The molecule has 5 heteroatoms. The van der Waals surface area contributed by atoms with E-state index >= 15 is 0 Å². The van der Waals surface area contributed by atoms with Crippen LogP contribution in [0.2, 0.25) is 0 Å². The van der Waals surface area contributed by atoms with E-state index in [0.29, 0.717) is 6.04 Å². The number of piperazine rings is 1. The Morgan fingerprint density at radius 3 is 2.59 bits per heavy atom. The first-order valence-electron chi connectivity index (χ1n) is 7.80. The Bertz CT molecular complexity index is 453. The molecule has 1 heterocycles. The van der Waals surface area contributed by atoms with E-state index in [1.165, 1.54) is 31.2 Å². The molecule has 1 saturated heterocycles. The third kappa shape index (κ3) is 6.14. The lowest BCUT2D eigenvalue weighted by molar-refractivity contribution is 0.162. The van der Waals surface area contributed by atoms with Gasteiger partial charge in [0.05, 0.1) is 11.6 Å². The highest BCUT2D eigenvalue weighted by molar-refractivity contribution is 5.85. The summed E-state index contributed by atoms with van der Waals surface area (Å²) in [6.07, 6.45) is 5.01. The van der Waals surface area contributed by atoms with E-state index in [1.807, 2.05) is 12.1 Å². The van der Waals surface area contributed by atoms with E-state index in [4.69, 9.17) is 5.26 Å². The molecule has 0 spiro atoms. The number of nitrogens with one attached hydrogen (secondary N) is 1. The van der Waals surface area contributed by atoms with Crippen molar-refractivity contribution in [3.63, 3.8) is 0 Å². The molecule has 1 aliphatic rings. The summed E-state index contributed by atoms with van der Waals surface area (Å²) in [5, 5.41) is 12.5. The minimum absolute atomic E-state index is 0. The molecule has 3 nitrogen and oxygen atoms in total. The van der Waals surface area contributed by atoms with Gasteiger partial charge in [0.1, 0.15) is 0 Å². The van der Waals surface area contributed by atoms with Gasteiger partial charge in [-0.25, -0.2) is 0 Å². The van der Waals surface area contributed by atoms with Crippen molar-refractivity contribution >= 4 is 24.8 Å². The number of hydrogen-bond donors (Lipinski definition) is 1. The largest absolute Gasteiger partial charge is 0.314 e. The average molecular weight is 344 g/mol. The van der Waals surface area contributed by atoms with E-state index in [0.717, 1.165) is 31.7 Å². The van der Waals surface area contributed by atoms with E-state index in [1.54, 1.807) is 0 Å². The summed E-state index contributed by atoms with van der Waals surface area (Å²) in [6, 6.07) is 10.9. The van der Waals surface area contributed by atoms with Gasteiger partial charge < -0.3 is 5.32 Å². The summed E-state index contributed by atoms with van der Waals surface area (Å²) < 4.78 is 0. The average Bonchev–Trinajstić information content (AvgIpc) is 2.52. The van der Waals surface area contributed by atoms with Gasteiger partial charge in [0.25, 0.3) is 0 Å². The highest BCUT2D eigenvalue weighted by atomic mass is 35.5. The van der Waals surface area contributed by atoms with Crippen LogP contribution in [0.1, 0.15) is 49.8 Å². The standard InChI is InChI=1S/C17H25N3.2ClH/c1-2-3-4-8-17(20-11-9-19-10-12-20)16-7-5-6-15(13-16)14-18;;/h5-7,13,17,19H,2-4,8-12H2,1H3;2*1H/t17-;;/m1../s1. The summed E-state index contributed by atoms with van der Waals surface area (Å²) >= 11 is 0. The van der Waals surface area contributed by atoms with Crippen LogP contribution in [0.4, 0.5) is 0 Å². The number of rotatable bonds is 6. The van der Waals surface area contributed by atoms with Crippen molar-refractivity contribution in [1.82, 2.24) is 10.2 Å². The summed E-state index contributed by atoms with van der Waals surface area (Å²) in [5.41, 5.74) is 2.08. The first-order chi connectivity index (χ1) is 9.85. The number of nitriles is 1. The minimum atomic E-state index is 0. The predicted molar refractivity (Wildman–Crippen MR) is 97.0 cm³/mol. The molecule has 1 aromatic rings. The lowest BCUT2D eigenvalue weighted by atomic mass is 9.97. The quantitative estimate of drug-likeness (QED) is 0.795. The fourth-order valence-electron chi connectivity index (χ4n) is 2.96. The molecule has 1 fully saturated rings. The smallest absolute Gasteiger partial charge is 0.0991 e. The summed E-state index contributed by atoms with van der Waals surface area (Å²) in [7, 11) is 0. The van der Waals surface area contributed by atoms with Crippen LogP contribution in [0.15, 0.2) is 24.3 Å². The van der Waals surface area contributed by atoms with Crippen molar-refractivity contribution in [3.05, 3.63) is 35.4 Å². The van der Waals surface area contributed by atoms with Crippen LogP contribution in [0.5, 0.6) is 0 Å². The van der Waals surface area contributed by atoms with E-state index in [9.17, 15) is 0 Å². The molecule has 0 aromatic heterocycles. The van der Waals surface area contributed by atoms with Gasteiger partial charge in [0.2, 0.25) is 0 Å². The zero-order valence-corrected chi connectivity index (χ0v) is 14.9. The zero-order chi connectivity index (χ0) is 14.2. The third-order valence-corrected chi connectivity index (χ3v) is 4.07. The lowest BCUT2D eigenvalue weighted by Gasteiger charge is -2.35. The molecular formula is C17H27Cl2N3. The van der Waals surface area contributed by atoms with Gasteiger partial charge in [-0.1, -0.05) is 38.3 Å². The van der Waals surface area contributed by atoms with Crippen molar-refractivity contribution in [2.45, 2.75) is 38.6 Å². The van der Waals surface area contributed by atoms with Gasteiger partial charge in [-0.2, -0.15) is 5.26 Å². The SMILES string of the molecule is CCCCC[C@H](c1cccc(C#N)c1)N1CCNCC1.Cl.Cl. The Hall–Kier alpha value is -0.790. The summed E-state index contributed by atoms with van der Waals surface area (Å²) in [4.78, 5) is 2.57. The topological polar surface area (TPSA) is 39.1 Å². The van der Waals surface area contributed by atoms with Crippen LogP contribution in [0.3, 0.4) is 0 Å². The molecular weight excluding hydrogens is 317 g/mol. The van der Waals surface area contributed by atoms with Crippen LogP contribution >= 0.6 is 24.8 Å². The summed E-state index contributed by atoms with van der Waals surface area (Å²) in [5.74, 6) is 0. The molecule has 0 bridgehead atoms. The first-order valence-corrected chi connectivity index (χ1v) is 7.80. The molecule has 1 N–H and O–H groups in total. The molecule has 1 aliphatic heterocycles. The zero-order valence-electron chi connectivity index (χ0n) is 13.3. The van der Waals surface area contributed by atoms with Crippen molar-refractivity contribution in [3.8, 4) is 6.07 Å².